The van der Waals surface area contributed by atoms with Gasteiger partial charge in [0, 0.05) is 11.9 Å². The lowest BCUT2D eigenvalue weighted by Crippen LogP contribution is -2.31. The first-order valence-corrected chi connectivity index (χ1v) is 5.92. The summed E-state index contributed by atoms with van der Waals surface area (Å²) in [6.07, 6.45) is 2.28. The normalized spacial score (nSPS) is 12.1. The van der Waals surface area contributed by atoms with Crippen LogP contribution in [-0.2, 0) is 0 Å². The Kier molecular flexibility index (Phi) is 8.62. The maximum absolute atomic E-state index is 8.57. The number of hydrogen-bond acceptors (Lipinski definition) is 3. The first-order chi connectivity index (χ1) is 6.78. The van der Waals surface area contributed by atoms with Gasteiger partial charge < -0.3 is 0 Å². The van der Waals surface area contributed by atoms with Crippen molar-refractivity contribution in [2.45, 2.75) is 19.8 Å². The number of rotatable bonds is 7. The molecule has 0 N–H and O–H groups in total. The molecule has 3 nitrogen and oxygen atoms in total. The second-order valence-electron chi connectivity index (χ2n) is 3.29. The Labute approximate surface area is 94.4 Å². The summed E-state index contributed by atoms with van der Waals surface area (Å²) in [5, 5.41) is 18.1. The Hall–Kier alpha value is -0.580. The van der Waals surface area contributed by atoms with Crippen LogP contribution in [0.5, 0.6) is 0 Å². The van der Waals surface area contributed by atoms with Crippen LogP contribution in [0.3, 0.4) is 0 Å². The Morgan fingerprint density at radius 3 is 2.21 bits per heavy atom. The highest BCUT2D eigenvalue weighted by Crippen LogP contribution is 2.11. The summed E-state index contributed by atoms with van der Waals surface area (Å²) < 4.78 is 0. The van der Waals surface area contributed by atoms with Gasteiger partial charge in [0.15, 0.2) is 0 Å². The molecule has 1 unspecified atom stereocenters. The minimum absolute atomic E-state index is 0.348. The molecule has 14 heavy (non-hydrogen) atoms. The topological polar surface area (TPSA) is 50.8 Å². The fourth-order valence-electron chi connectivity index (χ4n) is 1.38. The molecule has 0 amide bonds. The van der Waals surface area contributed by atoms with Gasteiger partial charge in [0.05, 0.1) is 25.2 Å². The van der Waals surface area contributed by atoms with E-state index in [-0.39, 0.29) is 0 Å². The average molecular weight is 258 g/mol. The van der Waals surface area contributed by atoms with Gasteiger partial charge in [0.25, 0.3) is 0 Å². The molecular weight excluding hydrogens is 242 g/mol. The van der Waals surface area contributed by atoms with E-state index in [0.29, 0.717) is 19.0 Å². The maximum Gasteiger partial charge on any atom is 0.0874 e. The minimum Gasteiger partial charge on any atom is -0.277 e. The summed E-state index contributed by atoms with van der Waals surface area (Å²) in [5.74, 6) is 0.543. The first kappa shape index (κ1) is 13.4. The highest BCUT2D eigenvalue weighted by atomic mass is 79.9. The average Bonchev–Trinajstić information content (AvgIpc) is 2.18. The van der Waals surface area contributed by atoms with E-state index in [1.54, 1.807) is 0 Å². The highest BCUT2D eigenvalue weighted by molar-refractivity contribution is 9.09. The molecule has 0 aromatic heterocycles. The fourth-order valence-corrected chi connectivity index (χ4v) is 1.90. The Balaban J connectivity index is 3.99. The van der Waals surface area contributed by atoms with Crippen LogP contribution in [0.25, 0.3) is 0 Å². The number of hydrogen-bond donors (Lipinski definition) is 0. The van der Waals surface area contributed by atoms with Crippen molar-refractivity contribution in [2.75, 3.05) is 25.0 Å². The van der Waals surface area contributed by atoms with Gasteiger partial charge in [-0.25, -0.2) is 0 Å². The van der Waals surface area contributed by atoms with E-state index < -0.39 is 0 Å². The molecule has 0 aromatic rings. The van der Waals surface area contributed by atoms with Gasteiger partial charge in [0.2, 0.25) is 0 Å². The fraction of sp³-hybridized carbons (Fsp3) is 0.800. The van der Waals surface area contributed by atoms with Crippen molar-refractivity contribution < 1.29 is 0 Å². The minimum atomic E-state index is 0.348. The van der Waals surface area contributed by atoms with E-state index in [9.17, 15) is 0 Å². The Morgan fingerprint density at radius 1 is 1.29 bits per heavy atom. The van der Waals surface area contributed by atoms with Crippen molar-refractivity contribution >= 4 is 15.9 Å². The van der Waals surface area contributed by atoms with Gasteiger partial charge in [0.1, 0.15) is 0 Å². The van der Waals surface area contributed by atoms with Crippen LogP contribution in [0.15, 0.2) is 0 Å². The van der Waals surface area contributed by atoms with E-state index in [0.717, 1.165) is 24.7 Å². The summed E-state index contributed by atoms with van der Waals surface area (Å²) in [6, 6.07) is 4.17. The molecular formula is C10H16BrN3. The smallest absolute Gasteiger partial charge is 0.0874 e. The third-order valence-electron chi connectivity index (χ3n) is 2.02. The molecule has 0 bridgehead atoms. The predicted octanol–water partition coefficient (Wildman–Crippen LogP) is 2.15. The van der Waals surface area contributed by atoms with Crippen molar-refractivity contribution in [1.29, 1.82) is 10.5 Å². The Bertz CT molecular complexity index is 200. The molecule has 0 aliphatic rings. The van der Waals surface area contributed by atoms with E-state index in [2.05, 4.69) is 35.0 Å². The second-order valence-corrected chi connectivity index (χ2v) is 3.94. The van der Waals surface area contributed by atoms with Crippen LogP contribution in [0.4, 0.5) is 0 Å². The van der Waals surface area contributed by atoms with Crippen molar-refractivity contribution in [3.63, 3.8) is 0 Å². The zero-order valence-electron chi connectivity index (χ0n) is 8.54. The van der Waals surface area contributed by atoms with Gasteiger partial charge in [-0.15, -0.1) is 0 Å². The molecule has 0 aliphatic heterocycles. The van der Waals surface area contributed by atoms with Gasteiger partial charge in [-0.3, -0.25) is 4.90 Å². The molecule has 0 fully saturated rings. The van der Waals surface area contributed by atoms with E-state index >= 15 is 0 Å². The molecule has 0 radical (unpaired) electrons. The van der Waals surface area contributed by atoms with Gasteiger partial charge >= 0.3 is 0 Å². The third-order valence-corrected chi connectivity index (χ3v) is 2.94. The monoisotopic (exact) mass is 257 g/mol. The van der Waals surface area contributed by atoms with Gasteiger partial charge in [-0.1, -0.05) is 29.3 Å². The lowest BCUT2D eigenvalue weighted by atomic mass is 10.1. The van der Waals surface area contributed by atoms with E-state index in [1.165, 1.54) is 0 Å². The quantitative estimate of drug-likeness (QED) is 0.519. The van der Waals surface area contributed by atoms with Crippen molar-refractivity contribution in [1.82, 2.24) is 4.90 Å². The summed E-state index contributed by atoms with van der Waals surface area (Å²) >= 11 is 3.46. The number of halogens is 1. The van der Waals surface area contributed by atoms with Gasteiger partial charge in [-0.2, -0.15) is 10.5 Å². The van der Waals surface area contributed by atoms with Crippen LogP contribution in [0.2, 0.25) is 0 Å². The van der Waals surface area contributed by atoms with E-state index in [4.69, 9.17) is 10.5 Å². The van der Waals surface area contributed by atoms with E-state index in [1.807, 2.05) is 4.90 Å². The molecule has 0 rings (SSSR count). The molecule has 78 valence electrons. The van der Waals surface area contributed by atoms with Crippen LogP contribution in [0, 0.1) is 28.6 Å². The Morgan fingerprint density at radius 2 is 1.86 bits per heavy atom. The molecule has 4 heteroatoms. The lowest BCUT2D eigenvalue weighted by Gasteiger charge is -2.21. The highest BCUT2D eigenvalue weighted by Gasteiger charge is 2.11. The van der Waals surface area contributed by atoms with Crippen LogP contribution in [0.1, 0.15) is 19.8 Å². The molecule has 0 aliphatic carbocycles. The largest absolute Gasteiger partial charge is 0.277 e. The molecule has 0 aromatic carbocycles. The first-order valence-electron chi connectivity index (χ1n) is 4.80. The lowest BCUT2D eigenvalue weighted by molar-refractivity contribution is 0.285. The summed E-state index contributed by atoms with van der Waals surface area (Å²) in [6.45, 7) is 3.68. The predicted molar refractivity (Wildman–Crippen MR) is 59.9 cm³/mol. The summed E-state index contributed by atoms with van der Waals surface area (Å²) in [5.41, 5.74) is 0. The van der Waals surface area contributed by atoms with Crippen LogP contribution >= 0.6 is 15.9 Å². The molecule has 1 atom stereocenters. The second kappa shape index (κ2) is 8.99. The molecule has 0 spiro atoms. The summed E-state index contributed by atoms with van der Waals surface area (Å²) in [4.78, 5) is 1.89. The van der Waals surface area contributed by atoms with Crippen molar-refractivity contribution in [2.24, 2.45) is 5.92 Å². The van der Waals surface area contributed by atoms with Gasteiger partial charge in [-0.05, 0) is 12.3 Å². The number of nitriles is 2. The SMILES string of the molecule is CCCC(CBr)CN(CC#N)CC#N. The van der Waals surface area contributed by atoms with Crippen molar-refractivity contribution in [3.05, 3.63) is 0 Å². The zero-order chi connectivity index (χ0) is 10.8. The number of nitrogens with zero attached hydrogens (tertiary/aromatic N) is 3. The molecule has 0 heterocycles. The molecule has 0 saturated carbocycles. The van der Waals surface area contributed by atoms with Crippen LogP contribution < -0.4 is 0 Å². The van der Waals surface area contributed by atoms with Crippen LogP contribution in [-0.4, -0.2) is 29.9 Å². The number of alkyl halides is 1. The zero-order valence-corrected chi connectivity index (χ0v) is 10.1. The van der Waals surface area contributed by atoms with Crippen molar-refractivity contribution in [3.8, 4) is 12.1 Å². The summed E-state index contributed by atoms with van der Waals surface area (Å²) in [7, 11) is 0. The maximum atomic E-state index is 8.57. The standard InChI is InChI=1S/C10H16BrN3/c1-2-3-10(8-11)9-14(6-4-12)7-5-13/h10H,2-3,6-9H2,1H3. The third kappa shape index (κ3) is 5.96. The molecule has 0 saturated heterocycles.